The number of piperidine rings is 1. The summed E-state index contributed by atoms with van der Waals surface area (Å²) in [7, 11) is 0. The summed E-state index contributed by atoms with van der Waals surface area (Å²) in [4.78, 5) is 48.2. The van der Waals surface area contributed by atoms with Crippen LogP contribution in [0.25, 0.3) is 0 Å². The maximum atomic E-state index is 12.4. The molecule has 0 saturated carbocycles. The Morgan fingerprint density at radius 1 is 1.25 bits per heavy atom. The molecule has 0 aliphatic carbocycles. The third-order valence-electron chi connectivity index (χ3n) is 4.86. The first-order valence-corrected chi connectivity index (χ1v) is 10.6. The first-order chi connectivity index (χ1) is 15.2. The standard InChI is InChI=1S/C21H26N2O8S/c1-14(2)19(24)29-12-17(13-32)31-20(25)15-7-9-22(10-8-15)21(26)30-11-16-5-3-4-6-18(16)23(27)28/h3-6,15,17,32H,1,7-13H2,2H3. The van der Waals surface area contributed by atoms with E-state index in [-0.39, 0.29) is 43.3 Å². The lowest BCUT2D eigenvalue weighted by molar-refractivity contribution is -0.385. The zero-order valence-corrected chi connectivity index (χ0v) is 18.6. The number of likely N-dealkylation sites (tertiary alicyclic amines) is 1. The number of carbonyl (C=O) groups is 3. The lowest BCUT2D eigenvalue weighted by Crippen LogP contribution is -2.41. The molecule has 32 heavy (non-hydrogen) atoms. The fourth-order valence-electron chi connectivity index (χ4n) is 3.02. The number of benzene rings is 1. The smallest absolute Gasteiger partial charge is 0.410 e. The van der Waals surface area contributed by atoms with Gasteiger partial charge in [0.05, 0.1) is 16.4 Å². The summed E-state index contributed by atoms with van der Waals surface area (Å²) < 4.78 is 15.6. The van der Waals surface area contributed by atoms with Crippen molar-refractivity contribution in [3.63, 3.8) is 0 Å². The van der Waals surface area contributed by atoms with E-state index in [1.165, 1.54) is 30.0 Å². The van der Waals surface area contributed by atoms with Gasteiger partial charge in [-0.3, -0.25) is 14.9 Å². The summed E-state index contributed by atoms with van der Waals surface area (Å²) in [5, 5.41) is 11.0. The van der Waals surface area contributed by atoms with E-state index in [4.69, 9.17) is 14.2 Å². The van der Waals surface area contributed by atoms with E-state index in [0.717, 1.165) is 0 Å². The van der Waals surface area contributed by atoms with Crippen molar-refractivity contribution in [1.29, 1.82) is 0 Å². The highest BCUT2D eigenvalue weighted by atomic mass is 32.1. The van der Waals surface area contributed by atoms with E-state index >= 15 is 0 Å². The Morgan fingerprint density at radius 3 is 2.50 bits per heavy atom. The first-order valence-electron chi connectivity index (χ1n) is 10.0. The van der Waals surface area contributed by atoms with Gasteiger partial charge in [-0.05, 0) is 25.8 Å². The van der Waals surface area contributed by atoms with Gasteiger partial charge in [-0.25, -0.2) is 9.59 Å². The molecule has 1 saturated heterocycles. The largest absolute Gasteiger partial charge is 0.458 e. The van der Waals surface area contributed by atoms with Crippen LogP contribution in [-0.4, -0.2) is 59.4 Å². The lowest BCUT2D eigenvalue weighted by Gasteiger charge is -2.30. The van der Waals surface area contributed by atoms with Crippen molar-refractivity contribution in [2.75, 3.05) is 25.4 Å². The van der Waals surface area contributed by atoms with Gasteiger partial charge in [0.2, 0.25) is 0 Å². The fourth-order valence-corrected chi connectivity index (χ4v) is 3.20. The van der Waals surface area contributed by atoms with Crippen LogP contribution in [0.1, 0.15) is 25.3 Å². The predicted molar refractivity (Wildman–Crippen MR) is 117 cm³/mol. The molecule has 0 aromatic heterocycles. The third kappa shape index (κ3) is 7.26. The van der Waals surface area contributed by atoms with Crippen LogP contribution in [0.15, 0.2) is 36.4 Å². The second-order valence-electron chi connectivity index (χ2n) is 7.32. The minimum atomic E-state index is -0.682. The number of para-hydroxylation sites is 1. The summed E-state index contributed by atoms with van der Waals surface area (Å²) in [6.07, 6.45) is -0.525. The van der Waals surface area contributed by atoms with Crippen molar-refractivity contribution in [1.82, 2.24) is 4.90 Å². The van der Waals surface area contributed by atoms with Gasteiger partial charge in [-0.2, -0.15) is 12.6 Å². The van der Waals surface area contributed by atoms with Gasteiger partial charge in [0.25, 0.3) is 5.69 Å². The molecule has 0 N–H and O–H groups in total. The van der Waals surface area contributed by atoms with Crippen molar-refractivity contribution in [2.24, 2.45) is 5.92 Å². The monoisotopic (exact) mass is 466 g/mol. The molecule has 2 rings (SSSR count). The van der Waals surface area contributed by atoms with E-state index in [2.05, 4.69) is 19.2 Å². The Morgan fingerprint density at radius 2 is 1.91 bits per heavy atom. The molecule has 1 aromatic carbocycles. The predicted octanol–water partition coefficient (Wildman–Crippen LogP) is 2.90. The van der Waals surface area contributed by atoms with Crippen LogP contribution >= 0.6 is 12.6 Å². The Balaban J connectivity index is 1.79. The highest BCUT2D eigenvalue weighted by Crippen LogP contribution is 2.22. The van der Waals surface area contributed by atoms with Crippen molar-refractivity contribution in [3.05, 3.63) is 52.1 Å². The van der Waals surface area contributed by atoms with Crippen LogP contribution in [-0.2, 0) is 30.4 Å². The van der Waals surface area contributed by atoms with Crippen molar-refractivity contribution in [2.45, 2.75) is 32.5 Å². The molecule has 1 unspecified atom stereocenters. The van der Waals surface area contributed by atoms with Gasteiger partial charge in [0.15, 0.2) is 0 Å². The van der Waals surface area contributed by atoms with E-state index in [0.29, 0.717) is 18.4 Å². The van der Waals surface area contributed by atoms with Crippen LogP contribution < -0.4 is 0 Å². The molecule has 1 amide bonds. The minimum absolute atomic E-state index is 0.113. The molecule has 1 atom stereocenters. The van der Waals surface area contributed by atoms with Crippen LogP contribution in [0.5, 0.6) is 0 Å². The Kier molecular flexibility index (Phi) is 9.51. The molecular weight excluding hydrogens is 440 g/mol. The van der Waals surface area contributed by atoms with Gasteiger partial charge in [-0.1, -0.05) is 18.7 Å². The van der Waals surface area contributed by atoms with E-state index in [9.17, 15) is 24.5 Å². The zero-order valence-electron chi connectivity index (χ0n) is 17.7. The van der Waals surface area contributed by atoms with Crippen LogP contribution in [0.2, 0.25) is 0 Å². The number of hydrogen-bond donors (Lipinski definition) is 1. The van der Waals surface area contributed by atoms with Gasteiger partial charge < -0.3 is 19.1 Å². The highest BCUT2D eigenvalue weighted by Gasteiger charge is 2.31. The summed E-state index contributed by atoms with van der Waals surface area (Å²) in [5.74, 6) is -1.23. The zero-order chi connectivity index (χ0) is 23.7. The van der Waals surface area contributed by atoms with Gasteiger partial charge in [0.1, 0.15) is 19.3 Å². The lowest BCUT2D eigenvalue weighted by atomic mass is 9.97. The minimum Gasteiger partial charge on any atom is -0.458 e. The molecule has 1 aliphatic heterocycles. The number of carbonyl (C=O) groups excluding carboxylic acids is 3. The molecule has 1 aliphatic rings. The first kappa shape index (κ1) is 25.2. The summed E-state index contributed by atoms with van der Waals surface area (Å²) in [6.45, 7) is 5.24. The summed E-state index contributed by atoms with van der Waals surface area (Å²) in [5.41, 5.74) is 0.430. The van der Waals surface area contributed by atoms with Gasteiger partial charge >= 0.3 is 18.0 Å². The molecule has 11 heteroatoms. The van der Waals surface area contributed by atoms with E-state index < -0.39 is 35.0 Å². The normalized spacial score (nSPS) is 14.9. The fraction of sp³-hybridized carbons (Fsp3) is 0.476. The van der Waals surface area contributed by atoms with Crippen LogP contribution in [0.3, 0.4) is 0 Å². The average molecular weight is 467 g/mol. The molecule has 0 radical (unpaired) electrons. The maximum absolute atomic E-state index is 12.4. The molecule has 1 fully saturated rings. The van der Waals surface area contributed by atoms with E-state index in [1.807, 2.05) is 0 Å². The number of nitrogens with zero attached hydrogens (tertiary/aromatic N) is 2. The molecule has 1 heterocycles. The molecule has 174 valence electrons. The molecule has 0 spiro atoms. The topological polar surface area (TPSA) is 125 Å². The van der Waals surface area contributed by atoms with E-state index in [1.54, 1.807) is 6.07 Å². The third-order valence-corrected chi connectivity index (χ3v) is 5.27. The molecule has 1 aromatic rings. The summed E-state index contributed by atoms with van der Waals surface area (Å²) >= 11 is 4.12. The number of nitro benzene ring substituents is 1. The highest BCUT2D eigenvalue weighted by molar-refractivity contribution is 7.80. The Hall–Kier alpha value is -3.08. The van der Waals surface area contributed by atoms with Crippen molar-refractivity contribution >= 4 is 36.3 Å². The summed E-state index contributed by atoms with van der Waals surface area (Å²) in [6, 6.07) is 6.04. The molecule has 10 nitrogen and oxygen atoms in total. The van der Waals surface area contributed by atoms with Crippen LogP contribution in [0.4, 0.5) is 10.5 Å². The number of esters is 2. The number of hydrogen-bond acceptors (Lipinski definition) is 9. The average Bonchev–Trinajstić information content (AvgIpc) is 2.79. The van der Waals surface area contributed by atoms with Crippen molar-refractivity contribution in [3.8, 4) is 0 Å². The number of nitro groups is 1. The SMILES string of the molecule is C=C(C)C(=O)OCC(CS)OC(=O)C1CCN(C(=O)OCc2ccccc2[N+](=O)[O-])CC1. The van der Waals surface area contributed by atoms with Gasteiger partial charge in [-0.15, -0.1) is 0 Å². The number of thiol groups is 1. The second kappa shape index (κ2) is 12.1. The molecule has 0 bridgehead atoms. The quantitative estimate of drug-likeness (QED) is 0.147. The second-order valence-corrected chi connectivity index (χ2v) is 7.69. The Labute approximate surface area is 191 Å². The number of amides is 1. The number of ether oxygens (including phenoxy) is 3. The number of rotatable bonds is 9. The van der Waals surface area contributed by atoms with Crippen molar-refractivity contribution < 1.29 is 33.5 Å². The Bertz CT molecular complexity index is 867. The molecular formula is C21H26N2O8S. The van der Waals surface area contributed by atoms with Crippen LogP contribution in [0, 0.1) is 16.0 Å². The maximum Gasteiger partial charge on any atom is 0.410 e. The van der Waals surface area contributed by atoms with Gasteiger partial charge in [0, 0.05) is 30.5 Å².